The number of piperazine rings is 1. The topological polar surface area (TPSA) is 110 Å². The summed E-state index contributed by atoms with van der Waals surface area (Å²) in [5.41, 5.74) is 1.43. The lowest BCUT2D eigenvalue weighted by Gasteiger charge is -2.35. The molecule has 1 fully saturated rings. The third-order valence-electron chi connectivity index (χ3n) is 5.71. The van der Waals surface area contributed by atoms with Crippen LogP contribution in [0.25, 0.3) is 10.9 Å². The van der Waals surface area contributed by atoms with Gasteiger partial charge >= 0.3 is 0 Å². The summed E-state index contributed by atoms with van der Waals surface area (Å²) in [6, 6.07) is 8.05. The molecule has 1 aliphatic rings. The van der Waals surface area contributed by atoms with Gasteiger partial charge in [-0.25, -0.2) is 0 Å². The number of halogens is 1. The molecule has 1 aromatic heterocycles. The van der Waals surface area contributed by atoms with E-state index >= 15 is 0 Å². The molecule has 0 unspecified atom stereocenters. The number of aromatic amines is 1. The average molecular weight is 475 g/mol. The molecule has 1 amide bonds. The van der Waals surface area contributed by atoms with Crippen molar-refractivity contribution in [2.45, 2.75) is 0 Å². The lowest BCUT2D eigenvalue weighted by Crippen LogP contribution is -2.49. The fourth-order valence-corrected chi connectivity index (χ4v) is 4.25. The summed E-state index contributed by atoms with van der Waals surface area (Å²) in [6.45, 7) is 1.72. The molecule has 4 rings (SSSR count). The number of ether oxygens (including phenoxy) is 3. The number of nitrogens with zero attached hydrogens (tertiary/aromatic N) is 3. The van der Waals surface area contributed by atoms with E-state index < -0.39 is 4.92 Å². The summed E-state index contributed by atoms with van der Waals surface area (Å²) in [5, 5.41) is 12.4. The van der Waals surface area contributed by atoms with E-state index in [-0.39, 0.29) is 11.6 Å². The Hall–Kier alpha value is -3.66. The van der Waals surface area contributed by atoms with Gasteiger partial charge in [-0.1, -0.05) is 11.6 Å². The smallest absolute Gasteiger partial charge is 0.294 e. The Balaban J connectivity index is 1.57. The molecule has 1 N–H and O–H groups in total. The minimum absolute atomic E-state index is 0.0500. The Morgan fingerprint density at radius 3 is 2.33 bits per heavy atom. The lowest BCUT2D eigenvalue weighted by atomic mass is 10.2. The van der Waals surface area contributed by atoms with Gasteiger partial charge in [-0.2, -0.15) is 0 Å². The molecule has 10 nitrogen and oxygen atoms in total. The molecule has 2 aromatic carbocycles. The highest BCUT2D eigenvalue weighted by molar-refractivity contribution is 6.30. The zero-order chi connectivity index (χ0) is 23.7. The van der Waals surface area contributed by atoms with E-state index in [4.69, 9.17) is 25.8 Å². The van der Waals surface area contributed by atoms with Crippen LogP contribution in [-0.2, 0) is 0 Å². The quantitative estimate of drug-likeness (QED) is 0.428. The monoisotopic (exact) mass is 474 g/mol. The van der Waals surface area contributed by atoms with Gasteiger partial charge in [0.2, 0.25) is 0 Å². The summed E-state index contributed by atoms with van der Waals surface area (Å²) in [4.78, 5) is 30.9. The number of aromatic nitrogens is 1. The molecule has 1 aliphatic heterocycles. The Labute approximate surface area is 194 Å². The van der Waals surface area contributed by atoms with Gasteiger partial charge in [0, 0.05) is 48.7 Å². The number of amides is 1. The van der Waals surface area contributed by atoms with Crippen LogP contribution in [0.5, 0.6) is 17.2 Å². The SMILES string of the molecule is COc1cc(OC)c2cc(C(=O)N3CCN(c4ccc(Cl)cc4[N+](=O)[O-])CC3)[nH]c2c1OC. The van der Waals surface area contributed by atoms with Gasteiger partial charge in [0.1, 0.15) is 17.1 Å². The molecule has 0 radical (unpaired) electrons. The van der Waals surface area contributed by atoms with Crippen molar-refractivity contribution < 1.29 is 23.9 Å². The van der Waals surface area contributed by atoms with Crippen LogP contribution in [0.4, 0.5) is 11.4 Å². The van der Waals surface area contributed by atoms with Crippen LogP contribution in [0.2, 0.25) is 5.02 Å². The van der Waals surface area contributed by atoms with Crippen molar-refractivity contribution >= 4 is 39.8 Å². The normalized spacial score (nSPS) is 13.8. The second kappa shape index (κ2) is 9.07. The molecule has 0 spiro atoms. The van der Waals surface area contributed by atoms with E-state index in [2.05, 4.69) is 4.98 Å². The standard InChI is InChI=1S/C22H23ClN4O6/c1-31-18-12-19(32-2)21(33-3)20-14(18)11-15(24-20)22(28)26-8-6-25(7-9-26)16-5-4-13(23)10-17(16)27(29)30/h4-5,10-12,24H,6-9H2,1-3H3. The third kappa shape index (κ3) is 4.09. The largest absolute Gasteiger partial charge is 0.496 e. The summed E-state index contributed by atoms with van der Waals surface area (Å²) in [6.07, 6.45) is 0. The number of fused-ring (bicyclic) bond motifs is 1. The van der Waals surface area contributed by atoms with Gasteiger partial charge in [0.15, 0.2) is 11.5 Å². The van der Waals surface area contributed by atoms with Crippen molar-refractivity contribution in [2.75, 3.05) is 52.4 Å². The second-order valence-electron chi connectivity index (χ2n) is 7.46. The lowest BCUT2D eigenvalue weighted by molar-refractivity contribution is -0.384. The number of methoxy groups -OCH3 is 3. The third-order valence-corrected chi connectivity index (χ3v) is 5.95. The number of anilines is 1. The summed E-state index contributed by atoms with van der Waals surface area (Å²) < 4.78 is 16.3. The number of nitro groups is 1. The minimum Gasteiger partial charge on any atom is -0.496 e. The Morgan fingerprint density at radius 1 is 1.03 bits per heavy atom. The number of rotatable bonds is 6. The predicted molar refractivity (Wildman–Crippen MR) is 124 cm³/mol. The van der Waals surface area contributed by atoms with Crippen molar-refractivity contribution in [3.8, 4) is 17.2 Å². The predicted octanol–water partition coefficient (Wildman–Crippen LogP) is 3.72. The zero-order valence-electron chi connectivity index (χ0n) is 18.4. The molecule has 11 heteroatoms. The maximum Gasteiger partial charge on any atom is 0.294 e. The van der Waals surface area contributed by atoms with Crippen LogP contribution in [0.3, 0.4) is 0 Å². The van der Waals surface area contributed by atoms with Crippen molar-refractivity contribution in [2.24, 2.45) is 0 Å². The number of nitrogens with one attached hydrogen (secondary N) is 1. The molecule has 1 saturated heterocycles. The molecule has 0 atom stereocenters. The van der Waals surface area contributed by atoms with Crippen LogP contribution in [0, 0.1) is 10.1 Å². The van der Waals surface area contributed by atoms with E-state index in [0.29, 0.717) is 70.7 Å². The number of carbonyl (C=O) groups excluding carboxylic acids is 1. The van der Waals surface area contributed by atoms with Gasteiger partial charge in [0.25, 0.3) is 11.6 Å². The zero-order valence-corrected chi connectivity index (χ0v) is 19.1. The second-order valence-corrected chi connectivity index (χ2v) is 7.89. The minimum atomic E-state index is -0.446. The van der Waals surface area contributed by atoms with E-state index in [0.717, 1.165) is 0 Å². The fourth-order valence-electron chi connectivity index (χ4n) is 4.08. The molecular weight excluding hydrogens is 452 g/mol. The molecule has 174 valence electrons. The van der Waals surface area contributed by atoms with Gasteiger partial charge in [-0.15, -0.1) is 0 Å². The van der Waals surface area contributed by atoms with Crippen LogP contribution in [-0.4, -0.2) is 68.2 Å². The highest BCUT2D eigenvalue weighted by atomic mass is 35.5. The first-order chi connectivity index (χ1) is 15.9. The van der Waals surface area contributed by atoms with Crippen molar-refractivity contribution in [3.05, 3.63) is 51.2 Å². The van der Waals surface area contributed by atoms with Gasteiger partial charge < -0.3 is 29.0 Å². The van der Waals surface area contributed by atoms with Crippen molar-refractivity contribution in [3.63, 3.8) is 0 Å². The fraction of sp³-hybridized carbons (Fsp3) is 0.318. The summed E-state index contributed by atoms with van der Waals surface area (Å²) in [7, 11) is 4.61. The molecule has 33 heavy (non-hydrogen) atoms. The number of benzene rings is 2. The molecule has 0 aliphatic carbocycles. The number of carbonyl (C=O) groups is 1. The summed E-state index contributed by atoms with van der Waals surface area (Å²) in [5.74, 6) is 1.34. The average Bonchev–Trinajstić information content (AvgIpc) is 3.27. The van der Waals surface area contributed by atoms with Crippen LogP contribution < -0.4 is 19.1 Å². The van der Waals surface area contributed by atoms with E-state index in [9.17, 15) is 14.9 Å². The number of hydrogen-bond acceptors (Lipinski definition) is 7. The van der Waals surface area contributed by atoms with Gasteiger partial charge in [-0.05, 0) is 18.2 Å². The Morgan fingerprint density at radius 2 is 1.73 bits per heavy atom. The van der Waals surface area contributed by atoms with E-state index in [1.807, 2.05) is 4.90 Å². The number of nitro benzene ring substituents is 1. The van der Waals surface area contributed by atoms with Crippen molar-refractivity contribution in [1.29, 1.82) is 0 Å². The van der Waals surface area contributed by atoms with Gasteiger partial charge in [0.05, 0.1) is 31.8 Å². The number of H-pyrrole nitrogens is 1. The molecule has 3 aromatic rings. The Bertz CT molecular complexity index is 1220. The maximum absolute atomic E-state index is 13.2. The number of hydrogen-bond donors (Lipinski definition) is 1. The van der Waals surface area contributed by atoms with Crippen LogP contribution in [0.1, 0.15) is 10.5 Å². The summed E-state index contributed by atoms with van der Waals surface area (Å²) >= 11 is 5.92. The molecule has 0 saturated carbocycles. The Kier molecular flexibility index (Phi) is 6.19. The first-order valence-electron chi connectivity index (χ1n) is 10.2. The maximum atomic E-state index is 13.2. The van der Waals surface area contributed by atoms with Crippen molar-refractivity contribution in [1.82, 2.24) is 9.88 Å². The first-order valence-corrected chi connectivity index (χ1v) is 10.6. The highest BCUT2D eigenvalue weighted by Gasteiger charge is 2.28. The molecular formula is C22H23ClN4O6. The van der Waals surface area contributed by atoms with E-state index in [1.54, 1.807) is 36.3 Å². The molecule has 2 heterocycles. The first kappa shape index (κ1) is 22.5. The van der Waals surface area contributed by atoms with E-state index in [1.165, 1.54) is 20.3 Å². The van der Waals surface area contributed by atoms with Crippen LogP contribution in [0.15, 0.2) is 30.3 Å². The van der Waals surface area contributed by atoms with Crippen LogP contribution >= 0.6 is 11.6 Å². The van der Waals surface area contributed by atoms with Gasteiger partial charge in [-0.3, -0.25) is 14.9 Å². The molecule has 0 bridgehead atoms. The highest BCUT2D eigenvalue weighted by Crippen LogP contribution is 2.41.